The minimum absolute atomic E-state index is 0.112. The van der Waals surface area contributed by atoms with Crippen LogP contribution in [0, 0.1) is 5.92 Å². The maximum atomic E-state index is 12.7. The van der Waals surface area contributed by atoms with Gasteiger partial charge in [0.05, 0.1) is 11.4 Å². The van der Waals surface area contributed by atoms with E-state index in [1.165, 1.54) is 30.0 Å². The highest BCUT2D eigenvalue weighted by molar-refractivity contribution is 7.92. The number of carbonyl (C=O) groups excluding carboxylic acids is 1. The van der Waals surface area contributed by atoms with E-state index < -0.39 is 10.0 Å². The van der Waals surface area contributed by atoms with Crippen LogP contribution in [0.4, 0.5) is 5.69 Å². The number of carbonyl (C=O) groups is 1. The van der Waals surface area contributed by atoms with Crippen molar-refractivity contribution in [1.29, 1.82) is 0 Å². The predicted molar refractivity (Wildman–Crippen MR) is 116 cm³/mol. The maximum Gasteiger partial charge on any atom is 0.251 e. The van der Waals surface area contributed by atoms with Crippen LogP contribution in [0.5, 0.6) is 0 Å². The van der Waals surface area contributed by atoms with Gasteiger partial charge in [-0.25, -0.2) is 8.42 Å². The van der Waals surface area contributed by atoms with Crippen molar-refractivity contribution in [3.8, 4) is 0 Å². The van der Waals surface area contributed by atoms with E-state index >= 15 is 0 Å². The van der Waals surface area contributed by atoms with Crippen LogP contribution in [0.3, 0.4) is 0 Å². The highest BCUT2D eigenvalue weighted by Gasteiger charge is 2.28. The van der Waals surface area contributed by atoms with E-state index in [9.17, 15) is 13.2 Å². The number of benzene rings is 1. The van der Waals surface area contributed by atoms with Gasteiger partial charge in [-0.05, 0) is 75.7 Å². The maximum absolute atomic E-state index is 12.7. The van der Waals surface area contributed by atoms with Crippen molar-refractivity contribution in [3.05, 3.63) is 29.8 Å². The topological polar surface area (TPSA) is 69.7 Å². The van der Waals surface area contributed by atoms with Gasteiger partial charge >= 0.3 is 0 Å². The minimum Gasteiger partial charge on any atom is -0.352 e. The quantitative estimate of drug-likeness (QED) is 0.797. The first kappa shape index (κ1) is 20.7. The van der Waals surface area contributed by atoms with Crippen LogP contribution in [0.1, 0.15) is 61.7 Å². The number of sulfonamides is 1. The first-order valence-corrected chi connectivity index (χ1v) is 12.8. The van der Waals surface area contributed by atoms with Crippen molar-refractivity contribution < 1.29 is 13.2 Å². The molecule has 1 aliphatic carbocycles. The molecular weight excluding hydrogens is 386 g/mol. The van der Waals surface area contributed by atoms with Gasteiger partial charge in [-0.15, -0.1) is 0 Å². The van der Waals surface area contributed by atoms with Gasteiger partial charge in [0.2, 0.25) is 10.0 Å². The molecule has 3 aliphatic rings. The molecule has 2 aliphatic heterocycles. The molecule has 160 valence electrons. The second kappa shape index (κ2) is 9.04. The lowest BCUT2D eigenvalue weighted by atomic mass is 9.95. The fourth-order valence-corrected chi connectivity index (χ4v) is 6.64. The summed E-state index contributed by atoms with van der Waals surface area (Å²) in [6.45, 7) is 3.48. The Kier molecular flexibility index (Phi) is 6.44. The molecule has 1 aromatic carbocycles. The molecule has 2 heterocycles. The Morgan fingerprint density at radius 2 is 1.76 bits per heavy atom. The summed E-state index contributed by atoms with van der Waals surface area (Å²) in [7, 11) is -3.26. The summed E-state index contributed by atoms with van der Waals surface area (Å²) in [6.07, 6.45) is 9.30. The fourth-order valence-electron chi connectivity index (χ4n) is 5.01. The number of rotatable bonds is 5. The summed E-state index contributed by atoms with van der Waals surface area (Å²) in [4.78, 5) is 15.3. The van der Waals surface area contributed by atoms with Crippen LogP contribution in [0.15, 0.2) is 24.3 Å². The highest BCUT2D eigenvalue weighted by atomic mass is 32.2. The van der Waals surface area contributed by atoms with E-state index in [2.05, 4.69) is 10.2 Å². The minimum atomic E-state index is -3.26. The molecule has 4 rings (SSSR count). The van der Waals surface area contributed by atoms with Gasteiger partial charge in [0.15, 0.2) is 0 Å². The van der Waals surface area contributed by atoms with Gasteiger partial charge < -0.3 is 10.2 Å². The Hall–Kier alpha value is -1.60. The summed E-state index contributed by atoms with van der Waals surface area (Å²) in [5, 5.41) is 3.08. The largest absolute Gasteiger partial charge is 0.352 e. The molecule has 1 N–H and O–H groups in total. The second-order valence-electron chi connectivity index (χ2n) is 8.77. The van der Waals surface area contributed by atoms with Crippen molar-refractivity contribution in [2.75, 3.05) is 36.2 Å². The molecule has 0 bridgehead atoms. The normalized spacial score (nSPS) is 23.9. The third-order valence-corrected chi connectivity index (χ3v) is 8.66. The van der Waals surface area contributed by atoms with Crippen LogP contribution >= 0.6 is 0 Å². The molecule has 0 atom stereocenters. The molecule has 2 saturated heterocycles. The average Bonchev–Trinajstić information content (AvgIpc) is 3.27. The van der Waals surface area contributed by atoms with Crippen LogP contribution in [-0.4, -0.2) is 57.2 Å². The van der Waals surface area contributed by atoms with Crippen molar-refractivity contribution in [2.24, 2.45) is 5.92 Å². The van der Waals surface area contributed by atoms with E-state index in [1.807, 2.05) is 0 Å². The molecule has 1 aromatic rings. The van der Waals surface area contributed by atoms with Gasteiger partial charge in [0.25, 0.3) is 5.91 Å². The lowest BCUT2D eigenvalue weighted by Crippen LogP contribution is -2.42. The van der Waals surface area contributed by atoms with Crippen LogP contribution in [0.25, 0.3) is 0 Å². The number of amides is 1. The molecule has 0 unspecified atom stereocenters. The summed E-state index contributed by atoms with van der Waals surface area (Å²) in [6, 6.07) is 7.81. The summed E-state index contributed by atoms with van der Waals surface area (Å²) >= 11 is 0. The Bertz CT molecular complexity index is 812. The monoisotopic (exact) mass is 419 g/mol. The zero-order chi connectivity index (χ0) is 20.3. The van der Waals surface area contributed by atoms with Crippen LogP contribution in [-0.2, 0) is 10.0 Å². The predicted octanol–water partition coefficient (Wildman–Crippen LogP) is 3.00. The molecule has 29 heavy (non-hydrogen) atoms. The fraction of sp³-hybridized carbons (Fsp3) is 0.682. The smallest absolute Gasteiger partial charge is 0.251 e. The molecule has 0 spiro atoms. The van der Waals surface area contributed by atoms with E-state index in [0.717, 1.165) is 38.4 Å². The summed E-state index contributed by atoms with van der Waals surface area (Å²) in [5.41, 5.74) is 1.13. The molecular formula is C22H33N3O3S. The third kappa shape index (κ3) is 4.94. The first-order valence-electron chi connectivity index (χ1n) is 11.2. The van der Waals surface area contributed by atoms with Gasteiger partial charge in [-0.1, -0.05) is 18.9 Å². The Labute approximate surface area is 174 Å². The SMILES string of the molecule is O=C(NCC1CCN(C2CCCC2)CC1)c1cccc(N2CCCCS2(=O)=O)c1. The number of piperidine rings is 1. The molecule has 6 nitrogen and oxygen atoms in total. The van der Waals surface area contributed by atoms with Gasteiger partial charge in [0, 0.05) is 24.7 Å². The van der Waals surface area contributed by atoms with Crippen LogP contribution < -0.4 is 9.62 Å². The van der Waals surface area contributed by atoms with E-state index in [1.54, 1.807) is 24.3 Å². The van der Waals surface area contributed by atoms with E-state index in [-0.39, 0.29) is 11.7 Å². The van der Waals surface area contributed by atoms with Crippen molar-refractivity contribution in [1.82, 2.24) is 10.2 Å². The number of nitrogens with one attached hydrogen (secondary N) is 1. The standard InChI is InChI=1S/C22H33N3O3S/c26-22(23-17-18-10-13-24(14-11-18)20-7-1-2-8-20)19-6-5-9-21(16-19)25-12-3-4-15-29(25,27)28/h5-6,9,16,18,20H,1-4,7-8,10-15,17H2,(H,23,26). The number of hydrogen-bond donors (Lipinski definition) is 1. The zero-order valence-corrected chi connectivity index (χ0v) is 18.0. The lowest BCUT2D eigenvalue weighted by Gasteiger charge is -2.36. The van der Waals surface area contributed by atoms with Gasteiger partial charge in [-0.3, -0.25) is 9.10 Å². The average molecular weight is 420 g/mol. The lowest BCUT2D eigenvalue weighted by molar-refractivity contribution is 0.0924. The van der Waals surface area contributed by atoms with Crippen molar-refractivity contribution >= 4 is 21.6 Å². The first-order chi connectivity index (χ1) is 14.0. The van der Waals surface area contributed by atoms with Crippen LogP contribution in [0.2, 0.25) is 0 Å². The molecule has 1 amide bonds. The number of nitrogens with zero attached hydrogens (tertiary/aromatic N) is 2. The summed E-state index contributed by atoms with van der Waals surface area (Å²) < 4.78 is 26.1. The van der Waals surface area contributed by atoms with E-state index in [0.29, 0.717) is 36.7 Å². The number of hydrogen-bond acceptors (Lipinski definition) is 4. The Balaban J connectivity index is 1.30. The molecule has 0 radical (unpaired) electrons. The molecule has 0 aromatic heterocycles. The van der Waals surface area contributed by atoms with E-state index in [4.69, 9.17) is 0 Å². The summed E-state index contributed by atoms with van der Waals surface area (Å²) in [5.74, 6) is 0.602. The number of likely N-dealkylation sites (tertiary alicyclic amines) is 1. The molecule has 7 heteroatoms. The highest BCUT2D eigenvalue weighted by Crippen LogP contribution is 2.28. The Morgan fingerprint density at radius 1 is 1.00 bits per heavy atom. The Morgan fingerprint density at radius 3 is 2.48 bits per heavy atom. The number of anilines is 1. The van der Waals surface area contributed by atoms with Crippen molar-refractivity contribution in [3.63, 3.8) is 0 Å². The zero-order valence-electron chi connectivity index (χ0n) is 17.2. The van der Waals surface area contributed by atoms with Crippen molar-refractivity contribution in [2.45, 2.75) is 57.4 Å². The second-order valence-corrected chi connectivity index (χ2v) is 10.8. The van der Waals surface area contributed by atoms with Gasteiger partial charge in [0.1, 0.15) is 0 Å². The molecule has 3 fully saturated rings. The molecule has 1 saturated carbocycles. The third-order valence-electron chi connectivity index (χ3n) is 6.79. The van der Waals surface area contributed by atoms with Gasteiger partial charge in [-0.2, -0.15) is 0 Å².